The van der Waals surface area contributed by atoms with Crippen molar-refractivity contribution in [2.75, 3.05) is 6.54 Å². The van der Waals surface area contributed by atoms with E-state index in [4.69, 9.17) is 10.7 Å². The molecule has 0 radical (unpaired) electrons. The molecule has 0 saturated heterocycles. The van der Waals surface area contributed by atoms with Crippen molar-refractivity contribution >= 4 is 34.5 Å². The maximum absolute atomic E-state index is 14.2. The highest BCUT2D eigenvalue weighted by atomic mass is 16.2. The maximum Gasteiger partial charge on any atom is 0.243 e. The minimum atomic E-state index is -0.946. The molecule has 5 N–H and O–H groups in total. The first kappa shape index (κ1) is 38.0. The fourth-order valence-corrected chi connectivity index (χ4v) is 6.24. The fourth-order valence-electron chi connectivity index (χ4n) is 6.24. The van der Waals surface area contributed by atoms with Crippen LogP contribution in [0.15, 0.2) is 84.9 Å². The molecule has 0 aliphatic heterocycles. The molecular weight excluding hydrogens is 628 g/mol. The van der Waals surface area contributed by atoms with Crippen molar-refractivity contribution < 1.29 is 19.2 Å². The van der Waals surface area contributed by atoms with Gasteiger partial charge in [-0.3, -0.25) is 19.2 Å². The molecule has 4 aromatic rings. The summed E-state index contributed by atoms with van der Waals surface area (Å²) in [5, 5.41) is 9.05. The number of fused-ring (bicyclic) bond motifs is 1. The van der Waals surface area contributed by atoms with Crippen LogP contribution in [0.5, 0.6) is 0 Å². The summed E-state index contributed by atoms with van der Waals surface area (Å²) in [7, 11) is 1.88. The maximum atomic E-state index is 14.2. The van der Waals surface area contributed by atoms with Crippen LogP contribution in [-0.4, -0.2) is 51.7 Å². The quantitative estimate of drug-likeness (QED) is 0.101. The van der Waals surface area contributed by atoms with Gasteiger partial charge in [0.05, 0.1) is 23.1 Å². The molecule has 10 heteroatoms. The van der Waals surface area contributed by atoms with E-state index >= 15 is 0 Å². The van der Waals surface area contributed by atoms with E-state index in [0.29, 0.717) is 31.6 Å². The third kappa shape index (κ3) is 10.1. The Hall–Kier alpha value is -4.83. The van der Waals surface area contributed by atoms with Crippen molar-refractivity contribution in [2.24, 2.45) is 24.6 Å². The van der Waals surface area contributed by atoms with Crippen molar-refractivity contribution in [1.82, 2.24) is 25.5 Å². The molecule has 0 aliphatic rings. The Labute approximate surface area is 295 Å². The molecule has 0 aliphatic carbocycles. The van der Waals surface area contributed by atoms with Crippen LogP contribution in [0, 0.1) is 11.8 Å². The monoisotopic (exact) mass is 680 g/mol. The molecule has 0 saturated carbocycles. The lowest BCUT2D eigenvalue weighted by molar-refractivity contribution is -0.134. The van der Waals surface area contributed by atoms with Crippen LogP contribution < -0.4 is 21.7 Å². The lowest BCUT2D eigenvalue weighted by atomic mass is 9.87. The van der Waals surface area contributed by atoms with Crippen LogP contribution in [0.1, 0.15) is 82.3 Å². The summed E-state index contributed by atoms with van der Waals surface area (Å²) in [6.07, 6.45) is 2.83. The van der Waals surface area contributed by atoms with Crippen LogP contribution in [0.25, 0.3) is 11.0 Å². The van der Waals surface area contributed by atoms with Gasteiger partial charge in [-0.15, -0.1) is 0 Å². The number of amides is 3. The van der Waals surface area contributed by atoms with Gasteiger partial charge in [0.2, 0.25) is 17.7 Å². The van der Waals surface area contributed by atoms with Crippen LogP contribution >= 0.6 is 0 Å². The third-order valence-electron chi connectivity index (χ3n) is 9.47. The second-order valence-corrected chi connectivity index (χ2v) is 13.0. The molecule has 50 heavy (non-hydrogen) atoms. The Kier molecular flexibility index (Phi) is 14.3. The van der Waals surface area contributed by atoms with Gasteiger partial charge in [-0.05, 0) is 48.6 Å². The molecule has 266 valence electrons. The Morgan fingerprint density at radius 2 is 1.42 bits per heavy atom. The average Bonchev–Trinajstić information content (AvgIpc) is 3.46. The molecule has 1 heterocycles. The number of imidazole rings is 1. The Morgan fingerprint density at radius 1 is 0.800 bits per heavy atom. The number of rotatable bonds is 19. The number of nitrogens with one attached hydrogen (secondary N) is 3. The van der Waals surface area contributed by atoms with Crippen molar-refractivity contribution in [2.45, 2.75) is 83.8 Å². The number of unbranched alkanes of at least 4 members (excludes halogenated alkanes) is 1. The zero-order valence-corrected chi connectivity index (χ0v) is 29.7. The summed E-state index contributed by atoms with van der Waals surface area (Å²) in [5.74, 6) is -1.38. The van der Waals surface area contributed by atoms with Crippen LogP contribution in [0.4, 0.5) is 0 Å². The van der Waals surface area contributed by atoms with Gasteiger partial charge in [-0.2, -0.15) is 0 Å². The smallest absolute Gasteiger partial charge is 0.243 e. The first-order valence-electron chi connectivity index (χ1n) is 17.8. The number of nitrogens with two attached hydrogens (primary N) is 1. The first-order valence-corrected chi connectivity index (χ1v) is 17.8. The molecule has 10 nitrogen and oxygen atoms in total. The summed E-state index contributed by atoms with van der Waals surface area (Å²) >= 11 is 0. The molecule has 0 unspecified atom stereocenters. The zero-order chi connectivity index (χ0) is 36.0. The number of nitrogens with zero attached hydrogens (tertiary/aromatic N) is 2. The van der Waals surface area contributed by atoms with Crippen molar-refractivity contribution in [1.29, 1.82) is 0 Å². The largest absolute Gasteiger partial charge is 0.345 e. The van der Waals surface area contributed by atoms with E-state index < -0.39 is 30.0 Å². The average molecular weight is 681 g/mol. The number of benzene rings is 3. The summed E-state index contributed by atoms with van der Waals surface area (Å²) < 4.78 is 1.91. The topological polar surface area (TPSA) is 148 Å². The second kappa shape index (κ2) is 18.8. The molecule has 4 atom stereocenters. The number of ketones is 1. The van der Waals surface area contributed by atoms with Gasteiger partial charge in [0.25, 0.3) is 0 Å². The van der Waals surface area contributed by atoms with E-state index in [2.05, 4.69) is 16.0 Å². The predicted molar refractivity (Wildman–Crippen MR) is 197 cm³/mol. The van der Waals surface area contributed by atoms with Gasteiger partial charge >= 0.3 is 0 Å². The Balaban J connectivity index is 1.56. The van der Waals surface area contributed by atoms with Crippen LogP contribution in [-0.2, 0) is 32.6 Å². The lowest BCUT2D eigenvalue weighted by Crippen LogP contribution is -2.54. The highest BCUT2D eigenvalue weighted by Gasteiger charge is 2.34. The van der Waals surface area contributed by atoms with Crippen molar-refractivity contribution in [3.8, 4) is 0 Å². The Bertz CT molecular complexity index is 1670. The molecule has 0 spiro atoms. The minimum Gasteiger partial charge on any atom is -0.345 e. The normalized spacial score (nSPS) is 13.7. The summed E-state index contributed by atoms with van der Waals surface area (Å²) in [4.78, 5) is 59.4. The standard InChI is InChI=1S/C40H52N6O4/c1-5-27(3)37(44-40(50)32(43-36(48)6-2)26-35-42-31-22-13-14-23-33(31)46(35)4)34(47)25-30(21-15-16-24-41)39(49)45-38(28-17-9-7-10-18-28)29-19-11-8-12-20-29/h7-14,17-20,22-23,27,30,32,37-38H,5-6,15-16,21,24-26,41H2,1-4H3,(H,43,48)(H,44,50)(H,45,49)/t27-,30+,32-,37-/m0/s1. The number of para-hydroxylation sites is 2. The van der Waals surface area contributed by atoms with Crippen molar-refractivity contribution in [3.63, 3.8) is 0 Å². The molecule has 3 aromatic carbocycles. The molecule has 0 fully saturated rings. The molecular formula is C40H52N6O4. The summed E-state index contributed by atoms with van der Waals surface area (Å²) in [5.41, 5.74) is 9.37. The number of carbonyl (C=O) groups excluding carboxylic acids is 4. The van der Waals surface area contributed by atoms with Crippen LogP contribution in [0.2, 0.25) is 0 Å². The minimum absolute atomic E-state index is 0.0429. The van der Waals surface area contributed by atoms with Crippen molar-refractivity contribution in [3.05, 3.63) is 102 Å². The van der Waals surface area contributed by atoms with Gasteiger partial charge in [-0.25, -0.2) is 4.98 Å². The molecule has 3 amide bonds. The molecule has 4 rings (SSSR count). The number of aromatic nitrogens is 2. The van der Waals surface area contributed by atoms with Crippen LogP contribution in [0.3, 0.4) is 0 Å². The van der Waals surface area contributed by atoms with E-state index in [1.165, 1.54) is 0 Å². The van der Waals surface area contributed by atoms with E-state index in [0.717, 1.165) is 28.6 Å². The van der Waals surface area contributed by atoms with Gasteiger partial charge in [0, 0.05) is 32.2 Å². The SMILES string of the molecule is CCC(=O)N[C@@H](Cc1nc2ccccc2n1C)C(=O)N[C@H](C(=O)C[C@@H](CCCCN)C(=O)NC(c1ccccc1)c1ccccc1)[C@@H](C)CC. The van der Waals surface area contributed by atoms with Gasteiger partial charge in [-0.1, -0.05) is 106 Å². The highest BCUT2D eigenvalue weighted by Crippen LogP contribution is 2.25. The number of carbonyl (C=O) groups is 4. The van der Waals surface area contributed by atoms with E-state index in [1.54, 1.807) is 6.92 Å². The van der Waals surface area contributed by atoms with E-state index in [9.17, 15) is 19.2 Å². The number of hydrogen-bond donors (Lipinski definition) is 4. The van der Waals surface area contributed by atoms with E-state index in [1.807, 2.05) is 110 Å². The van der Waals surface area contributed by atoms with Gasteiger partial charge < -0.3 is 26.3 Å². The Morgan fingerprint density at radius 3 is 2.00 bits per heavy atom. The first-order chi connectivity index (χ1) is 24.2. The fraction of sp³-hybridized carbons (Fsp3) is 0.425. The number of Topliss-reactive ketones (excluding diaryl/α,β-unsaturated/α-hetero) is 1. The molecule has 1 aromatic heterocycles. The highest BCUT2D eigenvalue weighted by molar-refractivity contribution is 5.95. The van der Waals surface area contributed by atoms with Gasteiger partial charge in [0.1, 0.15) is 11.9 Å². The predicted octanol–water partition coefficient (Wildman–Crippen LogP) is 5.15. The lowest BCUT2D eigenvalue weighted by Gasteiger charge is -2.28. The number of aryl methyl sites for hydroxylation is 1. The summed E-state index contributed by atoms with van der Waals surface area (Å²) in [6, 6.07) is 25.0. The van der Waals surface area contributed by atoms with E-state index in [-0.39, 0.29) is 42.8 Å². The summed E-state index contributed by atoms with van der Waals surface area (Å²) in [6.45, 7) is 6.09. The third-order valence-corrected chi connectivity index (χ3v) is 9.47. The van der Waals surface area contributed by atoms with Gasteiger partial charge in [0.15, 0.2) is 5.78 Å². The second-order valence-electron chi connectivity index (χ2n) is 13.0. The number of hydrogen-bond acceptors (Lipinski definition) is 6. The zero-order valence-electron chi connectivity index (χ0n) is 29.7. The molecule has 0 bridgehead atoms.